The van der Waals surface area contributed by atoms with Crippen molar-refractivity contribution in [3.05, 3.63) is 59.2 Å². The number of esters is 1. The van der Waals surface area contributed by atoms with Crippen LogP contribution in [-0.2, 0) is 32.0 Å². The lowest BCUT2D eigenvalue weighted by Gasteiger charge is -2.14. The average Bonchev–Trinajstić information content (AvgIpc) is 2.71. The number of para-hydroxylation sites is 1. The summed E-state index contributed by atoms with van der Waals surface area (Å²) in [5.41, 5.74) is 4.58. The quantitative estimate of drug-likeness (QED) is 0.627. The minimum absolute atomic E-state index is 0.00690. The Labute approximate surface area is 171 Å². The molecule has 2 rings (SSSR count). The highest BCUT2D eigenvalue weighted by Gasteiger charge is 2.13. The highest BCUT2D eigenvalue weighted by Crippen LogP contribution is 2.22. The summed E-state index contributed by atoms with van der Waals surface area (Å²) >= 11 is 0. The molecule has 6 nitrogen and oxygen atoms in total. The van der Waals surface area contributed by atoms with Gasteiger partial charge in [-0.25, -0.2) is 0 Å². The molecule has 2 aromatic rings. The summed E-state index contributed by atoms with van der Waals surface area (Å²) in [6, 6.07) is 13.3. The van der Waals surface area contributed by atoms with Crippen LogP contribution < -0.4 is 10.6 Å². The molecule has 2 amide bonds. The lowest BCUT2D eigenvalue weighted by Crippen LogP contribution is -2.23. The van der Waals surface area contributed by atoms with Crippen molar-refractivity contribution in [1.82, 2.24) is 0 Å². The van der Waals surface area contributed by atoms with Gasteiger partial charge in [0.25, 0.3) is 5.91 Å². The Hall–Kier alpha value is -3.15. The number of amides is 2. The minimum Gasteiger partial charge on any atom is -0.456 e. The molecule has 29 heavy (non-hydrogen) atoms. The zero-order valence-electron chi connectivity index (χ0n) is 17.2. The summed E-state index contributed by atoms with van der Waals surface area (Å²) in [5.74, 6) is -1.25. The summed E-state index contributed by atoms with van der Waals surface area (Å²) in [5, 5.41) is 5.58. The van der Waals surface area contributed by atoms with Gasteiger partial charge in [-0.3, -0.25) is 14.4 Å². The topological polar surface area (TPSA) is 84.5 Å². The van der Waals surface area contributed by atoms with Crippen LogP contribution in [0.25, 0.3) is 0 Å². The Morgan fingerprint density at radius 1 is 0.862 bits per heavy atom. The molecule has 0 bridgehead atoms. The molecule has 154 valence electrons. The van der Waals surface area contributed by atoms with Crippen molar-refractivity contribution in [2.45, 2.75) is 46.5 Å². The van der Waals surface area contributed by atoms with E-state index in [1.165, 1.54) is 0 Å². The molecule has 0 atom stereocenters. The van der Waals surface area contributed by atoms with Crippen LogP contribution in [-0.4, -0.2) is 24.4 Å². The van der Waals surface area contributed by atoms with Crippen LogP contribution in [0.1, 0.15) is 43.4 Å². The van der Waals surface area contributed by atoms with Gasteiger partial charge in [-0.05, 0) is 48.6 Å². The first-order valence-electron chi connectivity index (χ1n) is 9.85. The monoisotopic (exact) mass is 396 g/mol. The highest BCUT2D eigenvalue weighted by molar-refractivity contribution is 5.95. The van der Waals surface area contributed by atoms with Gasteiger partial charge in [0.05, 0.1) is 6.42 Å². The van der Waals surface area contributed by atoms with Crippen LogP contribution in [0.15, 0.2) is 42.5 Å². The van der Waals surface area contributed by atoms with Crippen molar-refractivity contribution in [2.75, 3.05) is 17.2 Å². The second kappa shape index (κ2) is 11.0. The van der Waals surface area contributed by atoms with Crippen LogP contribution in [0.2, 0.25) is 0 Å². The van der Waals surface area contributed by atoms with E-state index in [1.807, 2.05) is 57.2 Å². The van der Waals surface area contributed by atoms with E-state index >= 15 is 0 Å². The summed E-state index contributed by atoms with van der Waals surface area (Å²) in [6.45, 7) is 5.60. The average molecular weight is 396 g/mol. The van der Waals surface area contributed by atoms with Crippen molar-refractivity contribution in [3.63, 3.8) is 0 Å². The van der Waals surface area contributed by atoms with Gasteiger partial charge in [0.1, 0.15) is 0 Å². The number of carbonyl (C=O) groups is 3. The molecule has 6 heteroatoms. The van der Waals surface area contributed by atoms with E-state index in [2.05, 4.69) is 10.6 Å². The van der Waals surface area contributed by atoms with E-state index in [-0.39, 0.29) is 25.4 Å². The summed E-state index contributed by atoms with van der Waals surface area (Å²) in [4.78, 5) is 36.0. The normalized spacial score (nSPS) is 10.3. The van der Waals surface area contributed by atoms with Crippen molar-refractivity contribution < 1.29 is 19.1 Å². The van der Waals surface area contributed by atoms with E-state index < -0.39 is 11.9 Å². The number of hydrogen-bond donors (Lipinski definition) is 2. The minimum atomic E-state index is -0.584. The van der Waals surface area contributed by atoms with Crippen molar-refractivity contribution in [3.8, 4) is 0 Å². The molecule has 0 saturated carbocycles. The number of carbonyl (C=O) groups excluding carboxylic acids is 3. The maximum atomic E-state index is 12.2. The number of hydrogen-bond acceptors (Lipinski definition) is 4. The van der Waals surface area contributed by atoms with E-state index in [0.717, 1.165) is 35.2 Å². The third-order valence-corrected chi connectivity index (χ3v) is 4.49. The Morgan fingerprint density at radius 3 is 2.14 bits per heavy atom. The number of aryl methyl sites for hydroxylation is 3. The van der Waals surface area contributed by atoms with Crippen LogP contribution in [0.5, 0.6) is 0 Å². The molecular formula is C23H28N2O4. The van der Waals surface area contributed by atoms with E-state index in [1.54, 1.807) is 6.07 Å². The number of ether oxygens (including phenoxy) is 1. The molecule has 0 fully saturated rings. The summed E-state index contributed by atoms with van der Waals surface area (Å²) in [7, 11) is 0. The molecule has 2 N–H and O–H groups in total. The standard InChI is InChI=1S/C23H28N2O4/c1-4-17-9-7-10-18(5-2)23(17)25-21(27)15-29-22(28)13-12-20(26)24-19-11-6-8-16(3)14-19/h6-11,14H,4-5,12-13,15H2,1-3H3,(H,24,26)(H,25,27). The summed E-state index contributed by atoms with van der Waals surface area (Å²) in [6.07, 6.45) is 1.49. The van der Waals surface area contributed by atoms with Crippen molar-refractivity contribution in [1.29, 1.82) is 0 Å². The van der Waals surface area contributed by atoms with Gasteiger partial charge in [-0.1, -0.05) is 44.2 Å². The molecule has 0 aliphatic carbocycles. The molecule has 0 aliphatic heterocycles. The van der Waals surface area contributed by atoms with Gasteiger partial charge in [-0.15, -0.1) is 0 Å². The highest BCUT2D eigenvalue weighted by atomic mass is 16.5. The maximum absolute atomic E-state index is 12.2. The largest absolute Gasteiger partial charge is 0.456 e. The molecule has 0 heterocycles. The Bertz CT molecular complexity index is 855. The maximum Gasteiger partial charge on any atom is 0.306 e. The third-order valence-electron chi connectivity index (χ3n) is 4.49. The fourth-order valence-corrected chi connectivity index (χ4v) is 2.96. The lowest BCUT2D eigenvalue weighted by molar-refractivity contribution is -0.147. The van der Waals surface area contributed by atoms with E-state index in [0.29, 0.717) is 5.69 Å². The first-order valence-corrected chi connectivity index (χ1v) is 9.85. The predicted octanol–water partition coefficient (Wildman–Crippen LogP) is 4.02. The third kappa shape index (κ3) is 7.07. The zero-order chi connectivity index (χ0) is 21.2. The van der Waals surface area contributed by atoms with Gasteiger partial charge < -0.3 is 15.4 Å². The molecule has 0 aromatic heterocycles. The van der Waals surface area contributed by atoms with Gasteiger partial charge in [0.15, 0.2) is 6.61 Å². The van der Waals surface area contributed by atoms with Gasteiger partial charge in [-0.2, -0.15) is 0 Å². The van der Waals surface area contributed by atoms with E-state index in [9.17, 15) is 14.4 Å². The SMILES string of the molecule is CCc1cccc(CC)c1NC(=O)COC(=O)CCC(=O)Nc1cccc(C)c1. The Morgan fingerprint density at radius 2 is 1.52 bits per heavy atom. The number of benzene rings is 2. The fraction of sp³-hybridized carbons (Fsp3) is 0.348. The van der Waals surface area contributed by atoms with Gasteiger partial charge in [0, 0.05) is 17.8 Å². The second-order valence-electron chi connectivity index (χ2n) is 6.78. The summed E-state index contributed by atoms with van der Waals surface area (Å²) < 4.78 is 5.01. The second-order valence-corrected chi connectivity index (χ2v) is 6.78. The van der Waals surface area contributed by atoms with Gasteiger partial charge in [0.2, 0.25) is 5.91 Å². The lowest BCUT2D eigenvalue weighted by atomic mass is 10.0. The van der Waals surface area contributed by atoms with E-state index in [4.69, 9.17) is 4.74 Å². The molecule has 0 radical (unpaired) electrons. The predicted molar refractivity (Wildman–Crippen MR) is 114 cm³/mol. The van der Waals surface area contributed by atoms with Crippen molar-refractivity contribution >= 4 is 29.2 Å². The van der Waals surface area contributed by atoms with Crippen molar-refractivity contribution in [2.24, 2.45) is 0 Å². The molecule has 0 aliphatic rings. The van der Waals surface area contributed by atoms with Crippen LogP contribution in [0.3, 0.4) is 0 Å². The molecule has 0 saturated heterocycles. The zero-order valence-corrected chi connectivity index (χ0v) is 17.2. The van der Waals surface area contributed by atoms with Crippen LogP contribution in [0, 0.1) is 6.92 Å². The molecule has 0 unspecified atom stereocenters. The molecule has 0 spiro atoms. The Kier molecular flexibility index (Phi) is 8.40. The number of rotatable bonds is 9. The smallest absolute Gasteiger partial charge is 0.306 e. The molecular weight excluding hydrogens is 368 g/mol. The number of nitrogens with one attached hydrogen (secondary N) is 2. The molecule has 2 aromatic carbocycles. The first kappa shape index (κ1) is 22.1. The Balaban J connectivity index is 1.78. The fourth-order valence-electron chi connectivity index (χ4n) is 2.96. The van der Waals surface area contributed by atoms with Crippen LogP contribution in [0.4, 0.5) is 11.4 Å². The van der Waals surface area contributed by atoms with Gasteiger partial charge >= 0.3 is 5.97 Å². The number of anilines is 2. The van der Waals surface area contributed by atoms with Crippen LogP contribution >= 0.6 is 0 Å². The first-order chi connectivity index (χ1) is 13.9.